The number of rotatable bonds is 16. The van der Waals surface area contributed by atoms with E-state index in [0.29, 0.717) is 0 Å². The van der Waals surface area contributed by atoms with Gasteiger partial charge in [-0.2, -0.15) is 0 Å². The Balaban J connectivity index is 3.18. The molecule has 0 aromatic carbocycles. The number of unbranched alkanes of at least 4 members (excludes halogenated alkanes) is 12. The second kappa shape index (κ2) is 17.3. The molecule has 0 bridgehead atoms. The van der Waals surface area contributed by atoms with Crippen LogP contribution < -0.4 is 0 Å². The number of hydrogen-bond acceptors (Lipinski definition) is 2. The van der Waals surface area contributed by atoms with Crippen molar-refractivity contribution in [3.05, 3.63) is 0 Å². The van der Waals surface area contributed by atoms with Crippen LogP contribution in [0.5, 0.6) is 0 Å². The summed E-state index contributed by atoms with van der Waals surface area (Å²) in [6.45, 7) is 3.76. The van der Waals surface area contributed by atoms with Gasteiger partial charge in [-0.05, 0) is 12.8 Å². The highest BCUT2D eigenvalue weighted by Crippen LogP contribution is 2.14. The van der Waals surface area contributed by atoms with E-state index in [1.807, 2.05) is 0 Å². The molecule has 0 spiro atoms. The van der Waals surface area contributed by atoms with Crippen LogP contribution in [-0.2, 0) is 9.53 Å². The van der Waals surface area contributed by atoms with E-state index < -0.39 is 0 Å². The van der Waals surface area contributed by atoms with Gasteiger partial charge in [-0.15, -0.1) is 0 Å². The first kappa shape index (κ1) is 21.9. The van der Waals surface area contributed by atoms with Crippen molar-refractivity contribution in [3.63, 3.8) is 0 Å². The van der Waals surface area contributed by atoms with Gasteiger partial charge in [-0.1, -0.05) is 99.9 Å². The predicted molar refractivity (Wildman–Crippen MR) is 99.7 cm³/mol. The molecule has 0 amide bonds. The number of ether oxygens (including phenoxy) is 1. The fourth-order valence-corrected chi connectivity index (χ4v) is 3.25. The molecule has 0 N–H and O–H groups in total. The third-order valence-corrected chi connectivity index (χ3v) is 4.86. The first-order valence-corrected chi connectivity index (χ1v) is 10.6. The van der Waals surface area contributed by atoms with Gasteiger partial charge in [0.2, 0.25) is 0 Å². The summed E-state index contributed by atoms with van der Waals surface area (Å²) in [6.07, 6.45) is 18.9. The maximum atomic E-state index is 10.9. The van der Waals surface area contributed by atoms with Crippen LogP contribution in [0.15, 0.2) is 0 Å². The summed E-state index contributed by atoms with van der Waals surface area (Å²) >= 11 is 3.40. The van der Waals surface area contributed by atoms with Crippen molar-refractivity contribution < 1.29 is 9.53 Å². The summed E-state index contributed by atoms with van der Waals surface area (Å²) in [5.41, 5.74) is 0. The van der Waals surface area contributed by atoms with Crippen LogP contribution in [0.1, 0.15) is 104 Å². The molecule has 0 fully saturated rings. The smallest absolute Gasteiger partial charge is 0.302 e. The third kappa shape index (κ3) is 16.3. The molecule has 0 aliphatic heterocycles. The lowest BCUT2D eigenvalue weighted by Gasteiger charge is -2.13. The molecule has 0 aromatic rings. The number of alkyl halides is 1. The first-order chi connectivity index (χ1) is 10.7. The predicted octanol–water partition coefficient (Wildman–Crippen LogP) is 6.79. The Morgan fingerprint density at radius 1 is 0.818 bits per heavy atom. The van der Waals surface area contributed by atoms with Crippen molar-refractivity contribution in [2.24, 2.45) is 0 Å². The molecule has 0 aromatic heterocycles. The van der Waals surface area contributed by atoms with Crippen molar-refractivity contribution >= 4 is 21.9 Å². The van der Waals surface area contributed by atoms with Gasteiger partial charge in [0.1, 0.15) is 6.10 Å². The Morgan fingerprint density at radius 2 is 1.23 bits per heavy atom. The number of carbonyl (C=O) groups excluding carboxylic acids is 1. The van der Waals surface area contributed by atoms with E-state index in [1.54, 1.807) is 0 Å². The van der Waals surface area contributed by atoms with E-state index in [0.717, 1.165) is 11.8 Å². The SMILES string of the molecule is CCCCCCCCCCCCCCC[C@@H](CBr)OC(C)=O. The van der Waals surface area contributed by atoms with Crippen molar-refractivity contribution in [3.8, 4) is 0 Å². The van der Waals surface area contributed by atoms with Gasteiger partial charge in [0.25, 0.3) is 0 Å². The summed E-state index contributed by atoms with van der Waals surface area (Å²) in [6, 6.07) is 0. The average molecular weight is 377 g/mol. The largest absolute Gasteiger partial charge is 0.462 e. The van der Waals surface area contributed by atoms with Gasteiger partial charge in [-0.3, -0.25) is 4.79 Å². The molecule has 22 heavy (non-hydrogen) atoms. The van der Waals surface area contributed by atoms with Crippen LogP contribution in [0.25, 0.3) is 0 Å². The maximum absolute atomic E-state index is 10.9. The number of carbonyl (C=O) groups is 1. The molecule has 0 rings (SSSR count). The number of hydrogen-bond donors (Lipinski definition) is 0. The summed E-state index contributed by atoms with van der Waals surface area (Å²) in [5, 5.41) is 0.755. The van der Waals surface area contributed by atoms with Gasteiger partial charge in [0.15, 0.2) is 0 Å². The second-order valence-electron chi connectivity index (χ2n) is 6.42. The highest BCUT2D eigenvalue weighted by Gasteiger charge is 2.09. The third-order valence-electron chi connectivity index (χ3n) is 4.13. The second-order valence-corrected chi connectivity index (χ2v) is 7.06. The zero-order valence-corrected chi connectivity index (χ0v) is 16.5. The Hall–Kier alpha value is -0.0500. The Morgan fingerprint density at radius 3 is 1.59 bits per heavy atom. The Kier molecular flexibility index (Phi) is 17.3. The molecule has 0 unspecified atom stereocenters. The van der Waals surface area contributed by atoms with Gasteiger partial charge in [-0.25, -0.2) is 0 Å². The average Bonchev–Trinajstić information content (AvgIpc) is 2.50. The number of esters is 1. The van der Waals surface area contributed by atoms with E-state index >= 15 is 0 Å². The zero-order valence-electron chi connectivity index (χ0n) is 14.9. The van der Waals surface area contributed by atoms with Crippen LogP contribution in [0.4, 0.5) is 0 Å². The minimum atomic E-state index is -0.167. The fourth-order valence-electron chi connectivity index (χ4n) is 2.79. The molecule has 0 heterocycles. The van der Waals surface area contributed by atoms with Crippen LogP contribution in [0.2, 0.25) is 0 Å². The minimum Gasteiger partial charge on any atom is -0.462 e. The molecule has 2 nitrogen and oxygen atoms in total. The quantitative estimate of drug-likeness (QED) is 0.168. The van der Waals surface area contributed by atoms with Crippen molar-refractivity contribution in [2.75, 3.05) is 5.33 Å². The minimum absolute atomic E-state index is 0.0604. The van der Waals surface area contributed by atoms with E-state index in [1.165, 1.54) is 90.4 Å². The van der Waals surface area contributed by atoms with Gasteiger partial charge in [0.05, 0.1) is 0 Å². The lowest BCUT2D eigenvalue weighted by Crippen LogP contribution is -2.17. The van der Waals surface area contributed by atoms with Crippen molar-refractivity contribution in [2.45, 2.75) is 110 Å². The molecular formula is C19H37BrO2. The molecule has 0 radical (unpaired) electrons. The van der Waals surface area contributed by atoms with Gasteiger partial charge >= 0.3 is 5.97 Å². The normalized spacial score (nSPS) is 12.3. The summed E-state index contributed by atoms with van der Waals surface area (Å²) in [5.74, 6) is -0.167. The molecule has 3 heteroatoms. The highest BCUT2D eigenvalue weighted by atomic mass is 79.9. The van der Waals surface area contributed by atoms with E-state index in [2.05, 4.69) is 22.9 Å². The molecular weight excluding hydrogens is 340 g/mol. The van der Waals surface area contributed by atoms with Crippen LogP contribution in [0, 0.1) is 0 Å². The van der Waals surface area contributed by atoms with Crippen LogP contribution in [-0.4, -0.2) is 17.4 Å². The Labute approximate surface area is 146 Å². The highest BCUT2D eigenvalue weighted by molar-refractivity contribution is 9.09. The van der Waals surface area contributed by atoms with E-state index in [-0.39, 0.29) is 12.1 Å². The topological polar surface area (TPSA) is 26.3 Å². The molecule has 132 valence electrons. The lowest BCUT2D eigenvalue weighted by molar-refractivity contribution is -0.145. The molecule has 0 saturated heterocycles. The van der Waals surface area contributed by atoms with Gasteiger partial charge in [0, 0.05) is 12.3 Å². The van der Waals surface area contributed by atoms with Crippen molar-refractivity contribution in [1.82, 2.24) is 0 Å². The summed E-state index contributed by atoms with van der Waals surface area (Å²) in [4.78, 5) is 10.9. The molecule has 1 atom stereocenters. The van der Waals surface area contributed by atoms with E-state index in [4.69, 9.17) is 4.74 Å². The molecule has 0 aliphatic rings. The van der Waals surface area contributed by atoms with E-state index in [9.17, 15) is 4.79 Å². The van der Waals surface area contributed by atoms with Crippen LogP contribution >= 0.6 is 15.9 Å². The fraction of sp³-hybridized carbons (Fsp3) is 0.947. The maximum Gasteiger partial charge on any atom is 0.302 e. The standard InChI is InChI=1S/C19H37BrO2/c1-3-4-5-6-7-8-9-10-11-12-13-14-15-16-19(17-20)22-18(2)21/h19H,3-17H2,1-2H3/t19-/m0/s1. The zero-order chi connectivity index (χ0) is 16.5. The first-order valence-electron chi connectivity index (χ1n) is 9.43. The summed E-state index contributed by atoms with van der Waals surface area (Å²) < 4.78 is 5.22. The van der Waals surface area contributed by atoms with Crippen molar-refractivity contribution in [1.29, 1.82) is 0 Å². The number of halogens is 1. The summed E-state index contributed by atoms with van der Waals surface area (Å²) in [7, 11) is 0. The van der Waals surface area contributed by atoms with Crippen LogP contribution in [0.3, 0.4) is 0 Å². The molecule has 0 aliphatic carbocycles. The lowest BCUT2D eigenvalue weighted by atomic mass is 10.0. The Bertz CT molecular complexity index is 244. The van der Waals surface area contributed by atoms with Gasteiger partial charge < -0.3 is 4.74 Å². The molecule has 0 saturated carbocycles. The monoisotopic (exact) mass is 376 g/mol.